The van der Waals surface area contributed by atoms with Gasteiger partial charge < -0.3 is 15.4 Å². The maximum absolute atomic E-state index is 12.4. The maximum atomic E-state index is 12.4. The molecule has 3 rings (SSSR count). The first kappa shape index (κ1) is 18.4. The maximum Gasteiger partial charge on any atom is 0.274 e. The Morgan fingerprint density at radius 2 is 1.96 bits per heavy atom. The molecule has 3 aromatic rings. The molecule has 1 heterocycles. The highest BCUT2D eigenvalue weighted by atomic mass is 16.5. The van der Waals surface area contributed by atoms with Gasteiger partial charge in [-0.2, -0.15) is 0 Å². The van der Waals surface area contributed by atoms with Crippen molar-refractivity contribution in [2.24, 2.45) is 0 Å². The molecule has 0 unspecified atom stereocenters. The summed E-state index contributed by atoms with van der Waals surface area (Å²) in [5.41, 5.74) is 3.23. The molecule has 0 aliphatic carbocycles. The van der Waals surface area contributed by atoms with Gasteiger partial charge in [0.2, 0.25) is 5.95 Å². The predicted octanol–water partition coefficient (Wildman–Crippen LogP) is 3.70. The average molecular weight is 362 g/mol. The summed E-state index contributed by atoms with van der Waals surface area (Å²) in [6, 6.07) is 17.1. The quantitative estimate of drug-likeness (QED) is 0.670. The van der Waals surface area contributed by atoms with E-state index in [0.717, 1.165) is 29.0 Å². The van der Waals surface area contributed by atoms with Gasteiger partial charge in [-0.15, -0.1) is 0 Å². The molecule has 6 nitrogen and oxygen atoms in total. The van der Waals surface area contributed by atoms with Gasteiger partial charge in [0, 0.05) is 18.4 Å². The topological polar surface area (TPSA) is 76.1 Å². The van der Waals surface area contributed by atoms with E-state index in [2.05, 4.69) is 20.6 Å². The fraction of sp³-hybridized carbons (Fsp3) is 0.190. The second-order valence-corrected chi connectivity index (χ2v) is 6.08. The van der Waals surface area contributed by atoms with Crippen molar-refractivity contribution < 1.29 is 9.53 Å². The summed E-state index contributed by atoms with van der Waals surface area (Å²) in [7, 11) is 1.66. The molecule has 27 heavy (non-hydrogen) atoms. The highest BCUT2D eigenvalue weighted by Crippen LogP contribution is 2.17. The van der Waals surface area contributed by atoms with Gasteiger partial charge in [-0.05, 0) is 48.7 Å². The molecule has 0 spiro atoms. The number of nitrogens with zero attached hydrogens (tertiary/aromatic N) is 2. The van der Waals surface area contributed by atoms with Gasteiger partial charge in [0.05, 0.1) is 7.11 Å². The number of nitrogens with one attached hydrogen (secondary N) is 2. The Balaban J connectivity index is 1.60. The SMILES string of the molecule is COc1ccccc1CCNc1nccc(C(=O)Nc2cccc(C)c2)n1. The summed E-state index contributed by atoms with van der Waals surface area (Å²) in [5, 5.41) is 6.00. The molecule has 1 amide bonds. The summed E-state index contributed by atoms with van der Waals surface area (Å²) < 4.78 is 5.35. The van der Waals surface area contributed by atoms with E-state index in [4.69, 9.17) is 4.74 Å². The number of hydrogen-bond acceptors (Lipinski definition) is 5. The third-order valence-electron chi connectivity index (χ3n) is 4.03. The molecule has 0 fully saturated rings. The molecular formula is C21H22N4O2. The largest absolute Gasteiger partial charge is 0.496 e. The van der Waals surface area contributed by atoms with Crippen molar-refractivity contribution in [3.05, 3.63) is 77.6 Å². The average Bonchev–Trinajstić information content (AvgIpc) is 2.68. The molecule has 6 heteroatoms. The lowest BCUT2D eigenvalue weighted by Gasteiger charge is -2.10. The normalized spacial score (nSPS) is 10.3. The summed E-state index contributed by atoms with van der Waals surface area (Å²) in [5.74, 6) is 1.00. The van der Waals surface area contributed by atoms with Crippen LogP contribution >= 0.6 is 0 Å². The molecule has 0 bridgehead atoms. The van der Waals surface area contributed by atoms with Gasteiger partial charge in [0.1, 0.15) is 11.4 Å². The van der Waals surface area contributed by atoms with E-state index in [-0.39, 0.29) is 5.91 Å². The van der Waals surface area contributed by atoms with Crippen LogP contribution in [0.3, 0.4) is 0 Å². The Bertz CT molecular complexity index is 927. The number of rotatable bonds is 7. The highest BCUT2D eigenvalue weighted by Gasteiger charge is 2.09. The fourth-order valence-corrected chi connectivity index (χ4v) is 2.71. The van der Waals surface area contributed by atoms with Crippen molar-refractivity contribution in [3.8, 4) is 5.75 Å². The number of aromatic nitrogens is 2. The lowest BCUT2D eigenvalue weighted by atomic mass is 10.1. The van der Waals surface area contributed by atoms with Gasteiger partial charge in [-0.3, -0.25) is 4.79 Å². The number of benzene rings is 2. The zero-order valence-electron chi connectivity index (χ0n) is 15.4. The van der Waals surface area contributed by atoms with Crippen LogP contribution in [-0.4, -0.2) is 29.5 Å². The molecule has 0 saturated heterocycles. The van der Waals surface area contributed by atoms with E-state index < -0.39 is 0 Å². The van der Waals surface area contributed by atoms with Crippen LogP contribution in [0.25, 0.3) is 0 Å². The Labute approximate surface area is 158 Å². The van der Waals surface area contributed by atoms with E-state index in [1.807, 2.05) is 55.5 Å². The van der Waals surface area contributed by atoms with Crippen LogP contribution in [-0.2, 0) is 6.42 Å². The van der Waals surface area contributed by atoms with Gasteiger partial charge in [-0.25, -0.2) is 9.97 Å². The van der Waals surface area contributed by atoms with Crippen LogP contribution in [0.4, 0.5) is 11.6 Å². The molecule has 0 aliphatic rings. The lowest BCUT2D eigenvalue weighted by Crippen LogP contribution is -2.16. The number of hydrogen-bond donors (Lipinski definition) is 2. The Kier molecular flexibility index (Phi) is 5.99. The fourth-order valence-electron chi connectivity index (χ4n) is 2.71. The molecular weight excluding hydrogens is 340 g/mol. The zero-order chi connectivity index (χ0) is 19.1. The molecule has 0 radical (unpaired) electrons. The smallest absolute Gasteiger partial charge is 0.274 e. The Morgan fingerprint density at radius 3 is 2.78 bits per heavy atom. The van der Waals surface area contributed by atoms with E-state index in [0.29, 0.717) is 18.2 Å². The molecule has 0 atom stereocenters. The molecule has 0 saturated carbocycles. The third kappa shape index (κ3) is 5.04. The van der Waals surface area contributed by atoms with Crippen molar-refractivity contribution in [1.29, 1.82) is 0 Å². The number of carbonyl (C=O) groups excluding carboxylic acids is 1. The van der Waals surface area contributed by atoms with Crippen molar-refractivity contribution in [1.82, 2.24) is 9.97 Å². The minimum absolute atomic E-state index is 0.268. The number of amides is 1. The van der Waals surface area contributed by atoms with Gasteiger partial charge in [0.25, 0.3) is 5.91 Å². The summed E-state index contributed by atoms with van der Waals surface area (Å²) >= 11 is 0. The number of para-hydroxylation sites is 1. The van der Waals surface area contributed by atoms with Crippen LogP contribution < -0.4 is 15.4 Å². The first-order valence-electron chi connectivity index (χ1n) is 8.72. The van der Waals surface area contributed by atoms with Gasteiger partial charge in [0.15, 0.2) is 0 Å². The molecule has 0 aliphatic heterocycles. The third-order valence-corrected chi connectivity index (χ3v) is 4.03. The van der Waals surface area contributed by atoms with Crippen molar-refractivity contribution in [2.45, 2.75) is 13.3 Å². The molecule has 2 aromatic carbocycles. The highest BCUT2D eigenvalue weighted by molar-refractivity contribution is 6.03. The van der Waals surface area contributed by atoms with Gasteiger partial charge in [-0.1, -0.05) is 30.3 Å². The second kappa shape index (κ2) is 8.80. The molecule has 1 aromatic heterocycles. The number of anilines is 2. The number of carbonyl (C=O) groups is 1. The predicted molar refractivity (Wildman–Crippen MR) is 106 cm³/mol. The van der Waals surface area contributed by atoms with E-state index >= 15 is 0 Å². The van der Waals surface area contributed by atoms with E-state index in [9.17, 15) is 4.79 Å². The van der Waals surface area contributed by atoms with Gasteiger partial charge >= 0.3 is 0 Å². The summed E-state index contributed by atoms with van der Waals surface area (Å²) in [6.07, 6.45) is 2.33. The van der Waals surface area contributed by atoms with Crippen LogP contribution in [0.1, 0.15) is 21.6 Å². The standard InChI is InChI=1S/C21H22N4O2/c1-15-6-5-8-17(14-15)24-20(26)18-11-13-23-21(25-18)22-12-10-16-7-3-4-9-19(16)27-2/h3-9,11,13-14H,10,12H2,1-2H3,(H,24,26)(H,22,23,25). The van der Waals surface area contributed by atoms with E-state index in [1.54, 1.807) is 19.4 Å². The molecule has 138 valence electrons. The second-order valence-electron chi connectivity index (χ2n) is 6.08. The van der Waals surface area contributed by atoms with Crippen LogP contribution in [0.2, 0.25) is 0 Å². The first-order chi connectivity index (χ1) is 13.2. The van der Waals surface area contributed by atoms with Crippen LogP contribution in [0.15, 0.2) is 60.8 Å². The number of methoxy groups -OCH3 is 1. The Hall–Kier alpha value is -3.41. The van der Waals surface area contributed by atoms with Crippen molar-refractivity contribution >= 4 is 17.5 Å². The summed E-state index contributed by atoms with van der Waals surface area (Å²) in [4.78, 5) is 20.9. The van der Waals surface area contributed by atoms with Crippen molar-refractivity contribution in [2.75, 3.05) is 24.3 Å². The monoisotopic (exact) mass is 362 g/mol. The minimum Gasteiger partial charge on any atom is -0.496 e. The number of ether oxygens (including phenoxy) is 1. The lowest BCUT2D eigenvalue weighted by molar-refractivity contribution is 0.102. The summed E-state index contributed by atoms with van der Waals surface area (Å²) in [6.45, 7) is 2.60. The number of aryl methyl sites for hydroxylation is 1. The zero-order valence-corrected chi connectivity index (χ0v) is 15.4. The van der Waals surface area contributed by atoms with Crippen molar-refractivity contribution in [3.63, 3.8) is 0 Å². The Morgan fingerprint density at radius 1 is 1.11 bits per heavy atom. The minimum atomic E-state index is -0.268. The van der Waals surface area contributed by atoms with Crippen LogP contribution in [0, 0.1) is 6.92 Å². The molecule has 2 N–H and O–H groups in total. The first-order valence-corrected chi connectivity index (χ1v) is 8.72. The van der Waals surface area contributed by atoms with Crippen LogP contribution in [0.5, 0.6) is 5.75 Å². The van der Waals surface area contributed by atoms with E-state index in [1.165, 1.54) is 0 Å².